The van der Waals surface area contributed by atoms with Gasteiger partial charge in [0.25, 0.3) is 0 Å². The first-order chi connectivity index (χ1) is 9.44. The molecule has 1 aromatic rings. The molecular weight excluding hydrogens is 264 g/mol. The maximum absolute atomic E-state index is 10.8. The molecule has 0 saturated carbocycles. The summed E-state index contributed by atoms with van der Waals surface area (Å²) in [5.41, 5.74) is 1.63. The second-order valence-corrected chi connectivity index (χ2v) is 11.8. The zero-order valence-corrected chi connectivity index (χ0v) is 14.1. The minimum atomic E-state index is -0.964. The number of benzene rings is 1. The fourth-order valence-corrected chi connectivity index (χ4v) is 5.29. The van der Waals surface area contributed by atoms with Gasteiger partial charge < -0.3 is 5.11 Å². The third kappa shape index (κ3) is 6.37. The standard InChI is InChI=1S/C17H28O2Si/c1-4-5-13-20(2,3)14-7-6-8-15-9-11-16(12-10-15)17(18)19/h9-12H,4-8,13-14H2,1-3H3,(H,18,19). The van der Waals surface area contributed by atoms with Crippen LogP contribution in [0.1, 0.15) is 48.5 Å². The first kappa shape index (κ1) is 17.0. The normalized spacial score (nSPS) is 11.6. The van der Waals surface area contributed by atoms with Gasteiger partial charge in [0.05, 0.1) is 5.56 Å². The van der Waals surface area contributed by atoms with E-state index in [0.29, 0.717) is 5.56 Å². The van der Waals surface area contributed by atoms with Crippen LogP contribution in [0.2, 0.25) is 25.2 Å². The maximum atomic E-state index is 10.8. The van der Waals surface area contributed by atoms with E-state index < -0.39 is 14.0 Å². The van der Waals surface area contributed by atoms with Crippen LogP contribution in [-0.4, -0.2) is 19.1 Å². The molecule has 1 aromatic carbocycles. The van der Waals surface area contributed by atoms with Crippen molar-refractivity contribution < 1.29 is 9.90 Å². The third-order valence-corrected chi connectivity index (χ3v) is 7.39. The molecule has 0 unspecified atom stereocenters. The molecule has 0 bridgehead atoms. The Balaban J connectivity index is 2.28. The van der Waals surface area contributed by atoms with Gasteiger partial charge in [0.15, 0.2) is 0 Å². The quantitative estimate of drug-likeness (QED) is 0.500. The van der Waals surface area contributed by atoms with Crippen molar-refractivity contribution in [1.29, 1.82) is 0 Å². The summed E-state index contributed by atoms with van der Waals surface area (Å²) in [5, 5.41) is 8.85. The summed E-state index contributed by atoms with van der Waals surface area (Å²) >= 11 is 0. The lowest BCUT2D eigenvalue weighted by Gasteiger charge is -2.21. The van der Waals surface area contributed by atoms with Crippen molar-refractivity contribution in [3.8, 4) is 0 Å². The Bertz CT molecular complexity index is 410. The molecular formula is C17H28O2Si. The second-order valence-electron chi connectivity index (χ2n) is 6.48. The average molecular weight is 292 g/mol. The molecule has 1 rings (SSSR count). The molecule has 0 aliphatic carbocycles. The number of carboxylic acid groups (broad SMARTS) is 1. The Morgan fingerprint density at radius 3 is 2.20 bits per heavy atom. The van der Waals surface area contributed by atoms with Crippen LogP contribution in [0, 0.1) is 0 Å². The highest BCUT2D eigenvalue weighted by Gasteiger charge is 2.18. The van der Waals surface area contributed by atoms with E-state index in [-0.39, 0.29) is 0 Å². The smallest absolute Gasteiger partial charge is 0.335 e. The summed E-state index contributed by atoms with van der Waals surface area (Å²) < 4.78 is 0. The maximum Gasteiger partial charge on any atom is 0.335 e. The highest BCUT2D eigenvalue weighted by molar-refractivity contribution is 6.77. The largest absolute Gasteiger partial charge is 0.478 e. The lowest BCUT2D eigenvalue weighted by molar-refractivity contribution is 0.0697. The van der Waals surface area contributed by atoms with Crippen LogP contribution in [-0.2, 0) is 6.42 Å². The van der Waals surface area contributed by atoms with Gasteiger partial charge in [0.2, 0.25) is 0 Å². The lowest BCUT2D eigenvalue weighted by atomic mass is 10.1. The van der Waals surface area contributed by atoms with E-state index in [0.717, 1.165) is 6.42 Å². The van der Waals surface area contributed by atoms with E-state index in [1.807, 2.05) is 12.1 Å². The molecule has 0 aromatic heterocycles. The zero-order chi connectivity index (χ0) is 15.0. The minimum absolute atomic E-state index is 0.377. The van der Waals surface area contributed by atoms with Crippen molar-refractivity contribution in [2.45, 2.75) is 64.2 Å². The number of carbonyl (C=O) groups is 1. The van der Waals surface area contributed by atoms with Gasteiger partial charge in [-0.3, -0.25) is 0 Å². The zero-order valence-electron chi connectivity index (χ0n) is 13.1. The predicted octanol–water partition coefficient (Wildman–Crippen LogP) is 5.22. The number of unbranched alkanes of at least 4 members (excludes halogenated alkanes) is 2. The molecule has 0 spiro atoms. The number of hydrogen-bond donors (Lipinski definition) is 1. The van der Waals surface area contributed by atoms with Crippen LogP contribution >= 0.6 is 0 Å². The molecule has 112 valence electrons. The van der Waals surface area contributed by atoms with Gasteiger partial charge in [-0.2, -0.15) is 0 Å². The summed E-state index contributed by atoms with van der Waals surface area (Å²) in [6, 6.07) is 10.2. The van der Waals surface area contributed by atoms with Crippen molar-refractivity contribution in [2.75, 3.05) is 0 Å². The fourth-order valence-electron chi connectivity index (χ4n) is 2.53. The number of hydrogen-bond acceptors (Lipinski definition) is 1. The van der Waals surface area contributed by atoms with Gasteiger partial charge in [0, 0.05) is 8.07 Å². The average Bonchev–Trinajstić information content (AvgIpc) is 2.42. The van der Waals surface area contributed by atoms with Crippen LogP contribution in [0.25, 0.3) is 0 Å². The summed E-state index contributed by atoms with van der Waals surface area (Å²) in [7, 11) is -0.964. The van der Waals surface area contributed by atoms with Gasteiger partial charge in [-0.05, 0) is 30.5 Å². The monoisotopic (exact) mass is 292 g/mol. The molecule has 0 amide bonds. The highest BCUT2D eigenvalue weighted by Crippen LogP contribution is 2.22. The van der Waals surface area contributed by atoms with Crippen LogP contribution < -0.4 is 0 Å². The molecule has 20 heavy (non-hydrogen) atoms. The van der Waals surface area contributed by atoms with E-state index in [4.69, 9.17) is 5.11 Å². The van der Waals surface area contributed by atoms with Crippen LogP contribution in [0.4, 0.5) is 0 Å². The Kier molecular flexibility index (Phi) is 7.00. The third-order valence-electron chi connectivity index (χ3n) is 3.98. The molecule has 3 heteroatoms. The molecule has 0 saturated heterocycles. The molecule has 2 nitrogen and oxygen atoms in total. The Morgan fingerprint density at radius 1 is 1.05 bits per heavy atom. The van der Waals surface area contributed by atoms with Crippen LogP contribution in [0.5, 0.6) is 0 Å². The number of carboxylic acids is 1. The SMILES string of the molecule is CCCC[Si](C)(C)CCCCc1ccc(C(=O)O)cc1. The molecule has 0 aliphatic heterocycles. The van der Waals surface area contributed by atoms with Gasteiger partial charge in [-0.15, -0.1) is 0 Å². The summed E-state index contributed by atoms with van der Waals surface area (Å²) in [6.07, 6.45) is 6.29. The van der Waals surface area contributed by atoms with Crippen molar-refractivity contribution in [3.05, 3.63) is 35.4 Å². The molecule has 0 aliphatic rings. The van der Waals surface area contributed by atoms with Crippen molar-refractivity contribution >= 4 is 14.0 Å². The van der Waals surface area contributed by atoms with Crippen molar-refractivity contribution in [2.24, 2.45) is 0 Å². The first-order valence-electron chi connectivity index (χ1n) is 7.77. The molecule has 0 radical (unpaired) electrons. The Labute approximate surface area is 124 Å². The fraction of sp³-hybridized carbons (Fsp3) is 0.588. The lowest BCUT2D eigenvalue weighted by Crippen LogP contribution is -2.24. The van der Waals surface area contributed by atoms with Crippen molar-refractivity contribution in [3.63, 3.8) is 0 Å². The van der Waals surface area contributed by atoms with E-state index in [2.05, 4.69) is 20.0 Å². The second kappa shape index (κ2) is 8.25. The topological polar surface area (TPSA) is 37.3 Å². The number of aromatic carboxylic acids is 1. The van der Waals surface area contributed by atoms with Crippen LogP contribution in [0.3, 0.4) is 0 Å². The van der Waals surface area contributed by atoms with Crippen LogP contribution in [0.15, 0.2) is 24.3 Å². The Morgan fingerprint density at radius 2 is 1.65 bits per heavy atom. The minimum Gasteiger partial charge on any atom is -0.478 e. The number of aryl methyl sites for hydroxylation is 1. The summed E-state index contributed by atoms with van der Waals surface area (Å²) in [5.74, 6) is -0.847. The van der Waals surface area contributed by atoms with Gasteiger partial charge in [0.1, 0.15) is 0 Å². The molecule has 0 atom stereocenters. The summed E-state index contributed by atoms with van der Waals surface area (Å²) in [6.45, 7) is 7.28. The number of rotatable bonds is 9. The van der Waals surface area contributed by atoms with E-state index in [1.54, 1.807) is 12.1 Å². The van der Waals surface area contributed by atoms with E-state index in [1.165, 1.54) is 43.3 Å². The van der Waals surface area contributed by atoms with E-state index >= 15 is 0 Å². The van der Waals surface area contributed by atoms with Gasteiger partial charge >= 0.3 is 5.97 Å². The van der Waals surface area contributed by atoms with Crippen molar-refractivity contribution in [1.82, 2.24) is 0 Å². The first-order valence-corrected chi connectivity index (χ1v) is 11.2. The van der Waals surface area contributed by atoms with Gasteiger partial charge in [-0.1, -0.05) is 63.5 Å². The Hall–Kier alpha value is -1.09. The molecule has 0 fully saturated rings. The summed E-state index contributed by atoms with van der Waals surface area (Å²) in [4.78, 5) is 10.8. The predicted molar refractivity (Wildman–Crippen MR) is 88.3 cm³/mol. The molecule has 1 N–H and O–H groups in total. The molecule has 0 heterocycles. The highest BCUT2D eigenvalue weighted by atomic mass is 28.3. The van der Waals surface area contributed by atoms with Gasteiger partial charge in [-0.25, -0.2) is 4.79 Å². The van der Waals surface area contributed by atoms with E-state index in [9.17, 15) is 4.79 Å².